The normalized spacial score (nSPS) is 28.3. The lowest BCUT2D eigenvalue weighted by molar-refractivity contribution is -0.141. The summed E-state index contributed by atoms with van der Waals surface area (Å²) in [5.41, 5.74) is 2.16. The molecule has 186 valence electrons. The van der Waals surface area contributed by atoms with E-state index in [1.165, 1.54) is 31.7 Å². The van der Waals surface area contributed by atoms with Gasteiger partial charge in [-0.1, -0.05) is 31.7 Å². The van der Waals surface area contributed by atoms with Gasteiger partial charge in [0.15, 0.2) is 0 Å². The van der Waals surface area contributed by atoms with E-state index in [0.717, 1.165) is 30.9 Å². The van der Waals surface area contributed by atoms with Gasteiger partial charge in [-0.05, 0) is 49.8 Å². The van der Waals surface area contributed by atoms with Gasteiger partial charge in [0.1, 0.15) is 17.9 Å². The molecule has 3 N–H and O–H groups in total. The predicted octanol–water partition coefficient (Wildman–Crippen LogP) is 2.37. The van der Waals surface area contributed by atoms with Crippen molar-refractivity contribution in [1.29, 1.82) is 0 Å². The number of anilines is 1. The summed E-state index contributed by atoms with van der Waals surface area (Å²) < 4.78 is 19.8. The molecule has 5 rings (SSSR count). The zero-order valence-electron chi connectivity index (χ0n) is 20.1. The molecule has 7 nitrogen and oxygen atoms in total. The summed E-state index contributed by atoms with van der Waals surface area (Å²) in [7, 11) is 0. The zero-order valence-corrected chi connectivity index (χ0v) is 20.1. The molecule has 0 spiro atoms. The van der Waals surface area contributed by atoms with Crippen LogP contribution in [0.1, 0.15) is 49.7 Å². The fraction of sp³-hybridized carbons (Fsp3) is 0.692. The highest BCUT2D eigenvalue weighted by molar-refractivity contribution is 5.93. The highest BCUT2D eigenvalue weighted by Gasteiger charge is 2.40. The van der Waals surface area contributed by atoms with Crippen molar-refractivity contribution < 1.29 is 18.7 Å². The Morgan fingerprint density at radius 3 is 2.56 bits per heavy atom. The third kappa shape index (κ3) is 4.80. The summed E-state index contributed by atoms with van der Waals surface area (Å²) in [5, 5.41) is 9.89. The van der Waals surface area contributed by atoms with Crippen LogP contribution in [0.3, 0.4) is 0 Å². The van der Waals surface area contributed by atoms with Gasteiger partial charge in [0, 0.05) is 36.8 Å². The third-order valence-corrected chi connectivity index (χ3v) is 8.35. The molecule has 1 aromatic rings. The van der Waals surface area contributed by atoms with Crippen LogP contribution in [0.4, 0.5) is 10.1 Å². The number of aryl methyl sites for hydroxylation is 1. The van der Waals surface area contributed by atoms with Gasteiger partial charge in [-0.25, -0.2) is 4.39 Å². The first-order valence-corrected chi connectivity index (χ1v) is 13.0. The van der Waals surface area contributed by atoms with Gasteiger partial charge < -0.3 is 25.6 Å². The molecule has 4 aliphatic rings. The fourth-order valence-corrected chi connectivity index (χ4v) is 6.31. The van der Waals surface area contributed by atoms with Crippen LogP contribution in [0.25, 0.3) is 0 Å². The molecule has 0 radical (unpaired) electrons. The van der Waals surface area contributed by atoms with Crippen molar-refractivity contribution in [2.24, 2.45) is 11.8 Å². The molecule has 4 atom stereocenters. The Kier molecular flexibility index (Phi) is 7.06. The number of carbonyl (C=O) groups is 2. The molecule has 3 heterocycles. The number of morpholine rings is 1. The Bertz CT molecular complexity index is 875. The van der Waals surface area contributed by atoms with E-state index >= 15 is 0 Å². The Labute approximate surface area is 201 Å². The molecule has 4 unspecified atom stereocenters. The maximum absolute atomic E-state index is 14.3. The molecular formula is C26H37FN4O3. The van der Waals surface area contributed by atoms with E-state index in [1.807, 2.05) is 6.92 Å². The van der Waals surface area contributed by atoms with Crippen LogP contribution in [-0.2, 0) is 20.7 Å². The van der Waals surface area contributed by atoms with Crippen LogP contribution < -0.4 is 16.0 Å². The monoisotopic (exact) mass is 472 g/mol. The minimum Gasteiger partial charge on any atom is -0.378 e. The van der Waals surface area contributed by atoms with E-state index in [9.17, 15) is 14.0 Å². The van der Waals surface area contributed by atoms with E-state index < -0.39 is 12.1 Å². The van der Waals surface area contributed by atoms with Crippen molar-refractivity contribution in [3.8, 4) is 0 Å². The molecule has 2 saturated heterocycles. The topological polar surface area (TPSA) is 82.7 Å². The van der Waals surface area contributed by atoms with Gasteiger partial charge in [-0.2, -0.15) is 0 Å². The van der Waals surface area contributed by atoms with Gasteiger partial charge in [0.05, 0.1) is 13.2 Å². The number of halogens is 1. The number of nitrogens with zero attached hydrogens (tertiary/aromatic N) is 1. The average molecular weight is 473 g/mol. The van der Waals surface area contributed by atoms with Crippen LogP contribution in [0.15, 0.2) is 12.1 Å². The van der Waals surface area contributed by atoms with Gasteiger partial charge >= 0.3 is 0 Å². The fourth-order valence-electron chi connectivity index (χ4n) is 6.31. The second kappa shape index (κ2) is 10.2. The smallest absolute Gasteiger partial charge is 0.246 e. The molecule has 34 heavy (non-hydrogen) atoms. The van der Waals surface area contributed by atoms with E-state index in [0.29, 0.717) is 43.5 Å². The van der Waals surface area contributed by atoms with Crippen molar-refractivity contribution in [2.45, 2.75) is 70.0 Å². The van der Waals surface area contributed by atoms with Crippen LogP contribution >= 0.6 is 0 Å². The summed E-state index contributed by atoms with van der Waals surface area (Å²) in [5.74, 6) is 0.852. The number of carbonyl (C=O) groups excluding carboxylic acids is 2. The van der Waals surface area contributed by atoms with Gasteiger partial charge in [0.2, 0.25) is 11.8 Å². The van der Waals surface area contributed by atoms with Crippen molar-refractivity contribution in [3.05, 3.63) is 29.1 Å². The van der Waals surface area contributed by atoms with E-state index in [4.69, 9.17) is 4.74 Å². The SMILES string of the molecule is Cc1ccc(F)c2c1NC(C(=O)NC(C(=O)N1CCOCC1)C1CCC(C3CCCC3)CN1)C2. The summed E-state index contributed by atoms with van der Waals surface area (Å²) in [4.78, 5) is 28.7. The second-order valence-corrected chi connectivity index (χ2v) is 10.4. The van der Waals surface area contributed by atoms with Crippen molar-refractivity contribution in [3.63, 3.8) is 0 Å². The highest BCUT2D eigenvalue weighted by atomic mass is 19.1. The van der Waals surface area contributed by atoms with Crippen molar-refractivity contribution in [1.82, 2.24) is 15.5 Å². The number of ether oxygens (including phenoxy) is 1. The molecule has 3 aliphatic heterocycles. The number of hydrogen-bond donors (Lipinski definition) is 3. The van der Waals surface area contributed by atoms with E-state index in [-0.39, 0.29) is 30.1 Å². The predicted molar refractivity (Wildman–Crippen MR) is 128 cm³/mol. The molecule has 1 aromatic carbocycles. The second-order valence-electron chi connectivity index (χ2n) is 10.4. The van der Waals surface area contributed by atoms with Crippen LogP contribution in [0.5, 0.6) is 0 Å². The maximum atomic E-state index is 14.3. The van der Waals surface area contributed by atoms with E-state index in [1.54, 1.807) is 11.0 Å². The molecule has 0 bridgehead atoms. The number of rotatable bonds is 5. The molecule has 0 aromatic heterocycles. The Morgan fingerprint density at radius 1 is 1.12 bits per heavy atom. The van der Waals surface area contributed by atoms with Gasteiger partial charge in [-0.15, -0.1) is 0 Å². The number of fused-ring (bicyclic) bond motifs is 1. The lowest BCUT2D eigenvalue weighted by Crippen LogP contribution is -2.62. The van der Waals surface area contributed by atoms with Crippen LogP contribution in [0, 0.1) is 24.6 Å². The molecule has 3 fully saturated rings. The van der Waals surface area contributed by atoms with Gasteiger partial charge in [0.25, 0.3) is 0 Å². The largest absolute Gasteiger partial charge is 0.378 e. The number of nitrogens with one attached hydrogen (secondary N) is 3. The summed E-state index contributed by atoms with van der Waals surface area (Å²) in [6.45, 7) is 4.93. The van der Waals surface area contributed by atoms with E-state index in [2.05, 4.69) is 16.0 Å². The van der Waals surface area contributed by atoms with Crippen LogP contribution in [0.2, 0.25) is 0 Å². The first-order valence-electron chi connectivity index (χ1n) is 13.0. The minimum atomic E-state index is -0.633. The average Bonchev–Trinajstić information content (AvgIpc) is 3.57. The number of benzene rings is 1. The summed E-state index contributed by atoms with van der Waals surface area (Å²) in [6, 6.07) is 1.86. The lowest BCUT2D eigenvalue weighted by Gasteiger charge is -2.39. The van der Waals surface area contributed by atoms with Crippen molar-refractivity contribution in [2.75, 3.05) is 38.2 Å². The lowest BCUT2D eigenvalue weighted by atomic mass is 9.81. The summed E-state index contributed by atoms with van der Waals surface area (Å²) in [6.07, 6.45) is 7.53. The van der Waals surface area contributed by atoms with Crippen LogP contribution in [-0.4, -0.2) is 67.7 Å². The molecular weight excluding hydrogens is 435 g/mol. The Morgan fingerprint density at radius 2 is 1.88 bits per heavy atom. The summed E-state index contributed by atoms with van der Waals surface area (Å²) >= 11 is 0. The number of amides is 2. The van der Waals surface area contributed by atoms with Crippen molar-refractivity contribution >= 4 is 17.5 Å². The standard InChI is InChI=1S/C26H37FN4O3/c1-16-6-8-20(27)19-14-22(29-23(16)19)25(32)30-24(26(33)31-10-12-34-13-11-31)21-9-7-18(15-28-21)17-4-2-3-5-17/h6,8,17-18,21-22,24,28-29H,2-5,7,9-15H2,1H3,(H,30,32). The quantitative estimate of drug-likeness (QED) is 0.613. The highest BCUT2D eigenvalue weighted by Crippen LogP contribution is 2.36. The molecule has 1 saturated carbocycles. The first kappa shape index (κ1) is 23.5. The Hall–Kier alpha value is -2.19. The maximum Gasteiger partial charge on any atom is 0.246 e. The molecule has 1 aliphatic carbocycles. The first-order chi connectivity index (χ1) is 16.5. The molecule has 8 heteroatoms. The van der Waals surface area contributed by atoms with Gasteiger partial charge in [-0.3, -0.25) is 9.59 Å². The minimum absolute atomic E-state index is 0.0497. The zero-order chi connectivity index (χ0) is 23.7. The molecule has 2 amide bonds. The third-order valence-electron chi connectivity index (χ3n) is 8.35. The Balaban J connectivity index is 1.28. The number of piperidine rings is 1. The number of hydrogen-bond acceptors (Lipinski definition) is 5.